The molecule has 1 aromatic heterocycles. The van der Waals surface area contributed by atoms with Crippen LogP contribution < -0.4 is 10.0 Å². The third-order valence-electron chi connectivity index (χ3n) is 4.02. The van der Waals surface area contributed by atoms with E-state index in [1.54, 1.807) is 20.9 Å². The molecule has 20 heavy (non-hydrogen) atoms. The lowest BCUT2D eigenvalue weighted by molar-refractivity contribution is 0.297. The Labute approximate surface area is 121 Å². The first kappa shape index (κ1) is 15.5. The molecule has 0 bridgehead atoms. The number of hydrogen-bond donors (Lipinski definition) is 2. The fraction of sp³-hybridized carbons (Fsp3) is 0.714. The van der Waals surface area contributed by atoms with Crippen LogP contribution in [0.15, 0.2) is 9.31 Å². The number of rotatable bonds is 7. The molecule has 1 fully saturated rings. The lowest BCUT2D eigenvalue weighted by Crippen LogP contribution is -2.28. The molecule has 0 radical (unpaired) electrons. The summed E-state index contributed by atoms with van der Waals surface area (Å²) in [5.41, 5.74) is 0.723. The van der Waals surface area contributed by atoms with Crippen molar-refractivity contribution in [3.05, 3.63) is 17.1 Å². The van der Waals surface area contributed by atoms with Gasteiger partial charge < -0.3 is 9.73 Å². The molecular weight excluding hydrogens is 276 g/mol. The van der Waals surface area contributed by atoms with Crippen molar-refractivity contribution in [2.75, 3.05) is 13.6 Å². The molecule has 1 aliphatic rings. The van der Waals surface area contributed by atoms with Crippen LogP contribution in [0.2, 0.25) is 0 Å². The van der Waals surface area contributed by atoms with E-state index >= 15 is 0 Å². The van der Waals surface area contributed by atoms with Gasteiger partial charge in [0.2, 0.25) is 10.0 Å². The smallest absolute Gasteiger partial charge is 0.244 e. The number of aryl methyl sites for hydroxylation is 2. The van der Waals surface area contributed by atoms with Crippen LogP contribution in [0, 0.1) is 19.8 Å². The molecule has 0 unspecified atom stereocenters. The second-order valence-corrected chi connectivity index (χ2v) is 7.24. The first-order chi connectivity index (χ1) is 9.45. The highest BCUT2D eigenvalue weighted by Gasteiger charge is 2.26. The third kappa shape index (κ3) is 3.24. The summed E-state index contributed by atoms with van der Waals surface area (Å²) in [6.45, 7) is 4.50. The van der Waals surface area contributed by atoms with Crippen LogP contribution in [-0.4, -0.2) is 22.0 Å². The van der Waals surface area contributed by atoms with Crippen molar-refractivity contribution >= 4 is 10.0 Å². The third-order valence-corrected chi connectivity index (χ3v) is 5.67. The monoisotopic (exact) mass is 300 g/mol. The number of sulfonamides is 1. The lowest BCUT2D eigenvalue weighted by atomic mass is 9.83. The molecule has 1 aliphatic carbocycles. The minimum atomic E-state index is -3.49. The SMILES string of the molecule is CNCc1c(C)oc(C)c1S(=O)(=O)NCCC1CCC1. The second-order valence-electron chi connectivity index (χ2n) is 5.54. The van der Waals surface area contributed by atoms with Gasteiger partial charge in [-0.15, -0.1) is 0 Å². The van der Waals surface area contributed by atoms with E-state index in [0.717, 1.165) is 12.0 Å². The lowest BCUT2D eigenvalue weighted by Gasteiger charge is -2.25. The van der Waals surface area contributed by atoms with Crippen LogP contribution in [-0.2, 0) is 16.6 Å². The van der Waals surface area contributed by atoms with Crippen molar-refractivity contribution in [2.45, 2.75) is 51.0 Å². The largest absolute Gasteiger partial charge is 0.465 e. The number of hydrogen-bond acceptors (Lipinski definition) is 4. The van der Waals surface area contributed by atoms with Gasteiger partial charge in [-0.2, -0.15) is 0 Å². The van der Waals surface area contributed by atoms with Crippen LogP contribution in [0.25, 0.3) is 0 Å². The molecule has 0 saturated heterocycles. The van der Waals surface area contributed by atoms with Gasteiger partial charge >= 0.3 is 0 Å². The molecule has 114 valence electrons. The summed E-state index contributed by atoms with van der Waals surface area (Å²) in [5, 5.41) is 2.99. The van der Waals surface area contributed by atoms with Gasteiger partial charge in [0.25, 0.3) is 0 Å². The van der Waals surface area contributed by atoms with Crippen LogP contribution in [0.4, 0.5) is 0 Å². The Morgan fingerprint density at radius 2 is 1.95 bits per heavy atom. The average molecular weight is 300 g/mol. The zero-order chi connectivity index (χ0) is 14.8. The Hall–Kier alpha value is -0.850. The summed E-state index contributed by atoms with van der Waals surface area (Å²) < 4.78 is 33.1. The standard InChI is InChI=1S/C14H24N2O3S/c1-10-13(9-15-3)14(11(2)19-10)20(17,18)16-8-7-12-5-4-6-12/h12,15-16H,4-9H2,1-3H3. The zero-order valence-corrected chi connectivity index (χ0v) is 13.3. The number of nitrogens with one attached hydrogen (secondary N) is 2. The van der Waals surface area contributed by atoms with Gasteiger partial charge in [0, 0.05) is 18.7 Å². The van der Waals surface area contributed by atoms with Crippen molar-refractivity contribution < 1.29 is 12.8 Å². The minimum absolute atomic E-state index is 0.304. The summed E-state index contributed by atoms with van der Waals surface area (Å²) in [4.78, 5) is 0.304. The van der Waals surface area contributed by atoms with Crippen molar-refractivity contribution in [1.82, 2.24) is 10.0 Å². The van der Waals surface area contributed by atoms with E-state index in [1.807, 2.05) is 0 Å². The van der Waals surface area contributed by atoms with Crippen LogP contribution in [0.5, 0.6) is 0 Å². The van der Waals surface area contributed by atoms with Gasteiger partial charge in [-0.1, -0.05) is 19.3 Å². The predicted molar refractivity (Wildman–Crippen MR) is 78.1 cm³/mol. The van der Waals surface area contributed by atoms with Crippen LogP contribution in [0.3, 0.4) is 0 Å². The first-order valence-electron chi connectivity index (χ1n) is 7.19. The van der Waals surface area contributed by atoms with Crippen molar-refractivity contribution in [2.24, 2.45) is 5.92 Å². The Kier molecular flexibility index (Phi) is 4.88. The highest BCUT2D eigenvalue weighted by atomic mass is 32.2. The van der Waals surface area contributed by atoms with Gasteiger partial charge in [0.05, 0.1) is 0 Å². The highest BCUT2D eigenvalue weighted by molar-refractivity contribution is 7.89. The molecule has 2 N–H and O–H groups in total. The van der Waals surface area contributed by atoms with Gasteiger partial charge in [-0.25, -0.2) is 13.1 Å². The maximum absolute atomic E-state index is 12.5. The first-order valence-corrected chi connectivity index (χ1v) is 8.67. The van der Waals surface area contributed by atoms with Gasteiger partial charge in [0.15, 0.2) is 0 Å². The molecule has 5 nitrogen and oxygen atoms in total. The average Bonchev–Trinajstić information content (AvgIpc) is 2.58. The maximum Gasteiger partial charge on any atom is 0.244 e. The van der Waals surface area contributed by atoms with E-state index in [0.29, 0.717) is 35.4 Å². The normalized spacial score (nSPS) is 16.4. The predicted octanol–water partition coefficient (Wildman–Crippen LogP) is 2.08. The Morgan fingerprint density at radius 1 is 1.25 bits per heavy atom. The molecule has 1 saturated carbocycles. The number of furan rings is 1. The van der Waals surface area contributed by atoms with E-state index < -0.39 is 10.0 Å². The van der Waals surface area contributed by atoms with E-state index in [4.69, 9.17) is 4.42 Å². The summed E-state index contributed by atoms with van der Waals surface area (Å²) in [7, 11) is -1.69. The molecule has 6 heteroatoms. The zero-order valence-electron chi connectivity index (χ0n) is 12.5. The summed E-state index contributed by atoms with van der Waals surface area (Å²) in [6, 6.07) is 0. The molecular formula is C14H24N2O3S. The molecule has 1 heterocycles. The molecule has 1 aromatic rings. The fourth-order valence-corrected chi connectivity index (χ4v) is 4.19. The topological polar surface area (TPSA) is 71.3 Å². The molecule has 2 rings (SSSR count). The molecule has 0 spiro atoms. The Balaban J connectivity index is 2.11. The van der Waals surface area contributed by atoms with Crippen molar-refractivity contribution in [1.29, 1.82) is 0 Å². The van der Waals surface area contributed by atoms with Gasteiger partial charge in [-0.3, -0.25) is 0 Å². The second kappa shape index (κ2) is 6.28. The van der Waals surface area contributed by atoms with Crippen LogP contribution in [0.1, 0.15) is 42.8 Å². The molecule has 0 aromatic carbocycles. The highest BCUT2D eigenvalue weighted by Crippen LogP contribution is 2.29. The van der Waals surface area contributed by atoms with Gasteiger partial charge in [-0.05, 0) is 33.2 Å². The Morgan fingerprint density at radius 3 is 2.50 bits per heavy atom. The molecule has 0 amide bonds. The maximum atomic E-state index is 12.5. The summed E-state index contributed by atoms with van der Waals surface area (Å²) >= 11 is 0. The van der Waals surface area contributed by atoms with Crippen molar-refractivity contribution in [3.63, 3.8) is 0 Å². The summed E-state index contributed by atoms with van der Waals surface area (Å²) in [5.74, 6) is 1.82. The minimum Gasteiger partial charge on any atom is -0.465 e. The molecule has 0 aliphatic heterocycles. The summed E-state index contributed by atoms with van der Waals surface area (Å²) in [6.07, 6.45) is 4.67. The van der Waals surface area contributed by atoms with E-state index in [2.05, 4.69) is 10.0 Å². The van der Waals surface area contributed by atoms with Crippen molar-refractivity contribution in [3.8, 4) is 0 Å². The molecule has 0 atom stereocenters. The van der Waals surface area contributed by atoms with E-state index in [1.165, 1.54) is 19.3 Å². The van der Waals surface area contributed by atoms with Gasteiger partial charge in [0.1, 0.15) is 16.4 Å². The quantitative estimate of drug-likeness (QED) is 0.809. The van der Waals surface area contributed by atoms with E-state index in [9.17, 15) is 8.42 Å². The fourth-order valence-electron chi connectivity index (χ4n) is 2.69. The van der Waals surface area contributed by atoms with Crippen LogP contribution >= 0.6 is 0 Å². The Bertz CT molecular complexity index is 559. The van der Waals surface area contributed by atoms with E-state index in [-0.39, 0.29) is 0 Å².